The van der Waals surface area contributed by atoms with Crippen LogP contribution < -0.4 is 4.72 Å². The Labute approximate surface area is 125 Å². The van der Waals surface area contributed by atoms with E-state index in [1.165, 1.54) is 30.3 Å². The molecule has 0 radical (unpaired) electrons. The highest BCUT2D eigenvalue weighted by Crippen LogP contribution is 2.34. The van der Waals surface area contributed by atoms with Crippen molar-refractivity contribution >= 4 is 33.0 Å². The van der Waals surface area contributed by atoms with Crippen LogP contribution in [-0.2, 0) is 10.0 Å². The molecule has 7 nitrogen and oxygen atoms in total. The Morgan fingerprint density at radius 1 is 1.14 bits per heavy atom. The lowest BCUT2D eigenvalue weighted by molar-refractivity contribution is -0.383. The number of nitro benzene ring substituents is 1. The van der Waals surface area contributed by atoms with E-state index < -0.39 is 32.1 Å². The van der Waals surface area contributed by atoms with E-state index in [-0.39, 0.29) is 4.90 Å². The summed E-state index contributed by atoms with van der Waals surface area (Å²) in [4.78, 5) is 9.96. The number of nitro groups is 1. The summed E-state index contributed by atoms with van der Waals surface area (Å²) in [5, 5.41) is 20.9. The van der Waals surface area contributed by atoms with E-state index in [1.807, 2.05) is 4.72 Å². The van der Waals surface area contributed by atoms with Gasteiger partial charge in [0.1, 0.15) is 5.75 Å². The molecule has 0 aliphatic carbocycles. The highest BCUT2D eigenvalue weighted by Gasteiger charge is 2.23. The molecule has 0 aliphatic heterocycles. The zero-order valence-electron chi connectivity index (χ0n) is 10.4. The minimum Gasteiger partial charge on any atom is -0.505 e. The van der Waals surface area contributed by atoms with Crippen LogP contribution in [-0.4, -0.2) is 18.4 Å². The monoisotopic (exact) mass is 328 g/mol. The van der Waals surface area contributed by atoms with Crippen LogP contribution in [0.2, 0.25) is 5.02 Å². The first-order valence-corrected chi connectivity index (χ1v) is 7.42. The van der Waals surface area contributed by atoms with Gasteiger partial charge in [0, 0.05) is 11.1 Å². The largest absolute Gasteiger partial charge is 0.505 e. The number of phenolic OH excluding ortho intramolecular Hbond substituents is 1. The summed E-state index contributed by atoms with van der Waals surface area (Å²) in [7, 11) is -4.08. The summed E-state index contributed by atoms with van der Waals surface area (Å²) in [6.07, 6.45) is 0. The molecule has 0 saturated heterocycles. The Kier molecular flexibility index (Phi) is 4.01. The van der Waals surface area contributed by atoms with E-state index in [0.717, 1.165) is 12.1 Å². The molecule has 2 aromatic rings. The Morgan fingerprint density at radius 3 is 2.33 bits per heavy atom. The second kappa shape index (κ2) is 5.58. The minimum absolute atomic E-state index is 0.135. The quantitative estimate of drug-likeness (QED) is 0.509. The molecule has 0 spiro atoms. The molecule has 0 atom stereocenters. The molecule has 9 heteroatoms. The Balaban J connectivity index is 2.46. The van der Waals surface area contributed by atoms with E-state index in [9.17, 15) is 23.6 Å². The number of hydrogen-bond acceptors (Lipinski definition) is 5. The summed E-state index contributed by atoms with van der Waals surface area (Å²) in [6.45, 7) is 0. The van der Waals surface area contributed by atoms with Crippen LogP contribution in [0.5, 0.6) is 5.75 Å². The number of rotatable bonds is 4. The van der Waals surface area contributed by atoms with Gasteiger partial charge in [-0.15, -0.1) is 0 Å². The molecule has 0 aromatic heterocycles. The van der Waals surface area contributed by atoms with Crippen LogP contribution in [0, 0.1) is 10.1 Å². The van der Waals surface area contributed by atoms with Gasteiger partial charge in [-0.2, -0.15) is 0 Å². The molecular formula is C12H9ClN2O5S. The molecule has 2 N–H and O–H groups in total. The van der Waals surface area contributed by atoms with E-state index in [1.54, 1.807) is 0 Å². The normalized spacial score (nSPS) is 11.1. The van der Waals surface area contributed by atoms with Crippen molar-refractivity contribution in [1.82, 2.24) is 0 Å². The van der Waals surface area contributed by atoms with E-state index in [0.29, 0.717) is 5.02 Å². The fraction of sp³-hybridized carbons (Fsp3) is 0. The van der Waals surface area contributed by atoms with E-state index in [2.05, 4.69) is 0 Å². The molecule has 2 rings (SSSR count). The third-order valence-electron chi connectivity index (χ3n) is 2.58. The summed E-state index contributed by atoms with van der Waals surface area (Å²) < 4.78 is 26.3. The van der Waals surface area contributed by atoms with Crippen LogP contribution >= 0.6 is 11.6 Å². The van der Waals surface area contributed by atoms with Crippen molar-refractivity contribution in [2.75, 3.05) is 4.72 Å². The molecule has 0 saturated carbocycles. The van der Waals surface area contributed by atoms with Gasteiger partial charge in [-0.05, 0) is 30.3 Å². The Bertz CT molecular complexity index is 790. The number of halogens is 1. The smallest absolute Gasteiger partial charge is 0.297 e. The number of nitrogens with zero attached hydrogens (tertiary/aromatic N) is 1. The summed E-state index contributed by atoms with van der Waals surface area (Å²) >= 11 is 5.67. The average Bonchev–Trinajstić information content (AvgIpc) is 2.41. The average molecular weight is 329 g/mol. The van der Waals surface area contributed by atoms with Crippen molar-refractivity contribution in [2.24, 2.45) is 0 Å². The van der Waals surface area contributed by atoms with Gasteiger partial charge in [-0.1, -0.05) is 17.7 Å². The molecule has 21 heavy (non-hydrogen) atoms. The lowest BCUT2D eigenvalue weighted by atomic mass is 10.2. The molecule has 0 heterocycles. The number of sulfonamides is 1. The maximum Gasteiger partial charge on any atom is 0.297 e. The van der Waals surface area contributed by atoms with Gasteiger partial charge in [0.2, 0.25) is 0 Å². The molecule has 2 aromatic carbocycles. The van der Waals surface area contributed by atoms with Gasteiger partial charge in [-0.3, -0.25) is 14.8 Å². The molecule has 0 aliphatic rings. The third-order valence-corrected chi connectivity index (χ3v) is 4.20. The lowest BCUT2D eigenvalue weighted by Crippen LogP contribution is -2.14. The number of para-hydroxylation sites is 1. The van der Waals surface area contributed by atoms with Gasteiger partial charge >= 0.3 is 0 Å². The van der Waals surface area contributed by atoms with Crippen LogP contribution in [0.25, 0.3) is 0 Å². The van der Waals surface area contributed by atoms with Gasteiger partial charge in [-0.25, -0.2) is 8.42 Å². The first-order valence-electron chi connectivity index (χ1n) is 5.56. The molecule has 0 bridgehead atoms. The fourth-order valence-electron chi connectivity index (χ4n) is 1.59. The van der Waals surface area contributed by atoms with Crippen molar-refractivity contribution in [1.29, 1.82) is 0 Å². The first kappa shape index (κ1) is 15.1. The highest BCUT2D eigenvalue weighted by atomic mass is 35.5. The van der Waals surface area contributed by atoms with Crippen molar-refractivity contribution in [3.05, 3.63) is 57.6 Å². The van der Waals surface area contributed by atoms with E-state index in [4.69, 9.17) is 11.6 Å². The van der Waals surface area contributed by atoms with E-state index >= 15 is 0 Å². The molecular weight excluding hydrogens is 320 g/mol. The van der Waals surface area contributed by atoms with Crippen molar-refractivity contribution in [3.8, 4) is 5.75 Å². The topological polar surface area (TPSA) is 110 Å². The highest BCUT2D eigenvalue weighted by molar-refractivity contribution is 7.92. The first-order chi connectivity index (χ1) is 9.81. The second-order valence-electron chi connectivity index (χ2n) is 3.99. The number of benzene rings is 2. The molecule has 0 amide bonds. The molecule has 0 unspecified atom stereocenters. The van der Waals surface area contributed by atoms with Gasteiger partial charge < -0.3 is 5.11 Å². The second-order valence-corrected chi connectivity index (χ2v) is 6.11. The zero-order chi connectivity index (χ0) is 15.6. The van der Waals surface area contributed by atoms with Crippen molar-refractivity contribution in [3.63, 3.8) is 0 Å². The fourth-order valence-corrected chi connectivity index (χ4v) is 2.81. The van der Waals surface area contributed by atoms with Crippen LogP contribution in [0.4, 0.5) is 11.4 Å². The van der Waals surface area contributed by atoms with Gasteiger partial charge in [0.25, 0.3) is 15.7 Å². The number of nitrogens with one attached hydrogen (secondary N) is 1. The SMILES string of the molecule is O=[N+]([O-])c1cccc(O)c1NS(=O)(=O)c1ccc(Cl)cc1. The van der Waals surface area contributed by atoms with Crippen LogP contribution in [0.3, 0.4) is 0 Å². The lowest BCUT2D eigenvalue weighted by Gasteiger charge is -2.10. The Morgan fingerprint density at radius 2 is 1.76 bits per heavy atom. The van der Waals surface area contributed by atoms with Crippen molar-refractivity contribution in [2.45, 2.75) is 4.90 Å². The summed E-state index contributed by atoms with van der Waals surface area (Å²) in [6, 6.07) is 8.71. The van der Waals surface area contributed by atoms with Crippen molar-refractivity contribution < 1.29 is 18.4 Å². The molecule has 0 fully saturated rings. The standard InChI is InChI=1S/C12H9ClN2O5S/c13-8-4-6-9(7-5-8)21(19,20)14-12-10(15(17)18)2-1-3-11(12)16/h1-7,14,16H. The maximum absolute atomic E-state index is 12.2. The Hall–Kier alpha value is -2.32. The van der Waals surface area contributed by atoms with Crippen LogP contribution in [0.15, 0.2) is 47.4 Å². The predicted molar refractivity (Wildman–Crippen MR) is 77.0 cm³/mol. The minimum atomic E-state index is -4.08. The van der Waals surface area contributed by atoms with Gasteiger partial charge in [0.05, 0.1) is 9.82 Å². The third kappa shape index (κ3) is 3.23. The number of hydrogen-bond donors (Lipinski definition) is 2. The number of anilines is 1. The maximum atomic E-state index is 12.2. The van der Waals surface area contributed by atoms with Crippen LogP contribution in [0.1, 0.15) is 0 Å². The van der Waals surface area contributed by atoms with Gasteiger partial charge in [0.15, 0.2) is 5.69 Å². The summed E-state index contributed by atoms with van der Waals surface area (Å²) in [5.74, 6) is -0.540. The number of aromatic hydroxyl groups is 1. The summed E-state index contributed by atoms with van der Waals surface area (Å²) in [5.41, 5.74) is -1.04. The predicted octanol–water partition coefficient (Wildman–Crippen LogP) is 2.75. The zero-order valence-corrected chi connectivity index (χ0v) is 11.9. The molecule has 110 valence electrons. The number of phenols is 1.